The summed E-state index contributed by atoms with van der Waals surface area (Å²) in [6, 6.07) is 13.2. The van der Waals surface area contributed by atoms with E-state index in [0.29, 0.717) is 5.84 Å². The number of benzene rings is 1. The number of hydrogen-bond acceptors (Lipinski definition) is 3. The summed E-state index contributed by atoms with van der Waals surface area (Å²) in [6.07, 6.45) is 6.07. The molecule has 0 radical (unpaired) electrons. The van der Waals surface area contributed by atoms with Crippen LogP contribution in [-0.4, -0.2) is 34.9 Å². The maximum absolute atomic E-state index is 6.10. The number of nitrogens with zero attached hydrogens (tertiary/aromatic N) is 3. The van der Waals surface area contributed by atoms with E-state index in [2.05, 4.69) is 52.0 Å². The molecule has 1 atom stereocenters. The van der Waals surface area contributed by atoms with E-state index in [1.165, 1.54) is 36.7 Å². The number of hydrogen-bond donors (Lipinski definition) is 1. The van der Waals surface area contributed by atoms with E-state index in [-0.39, 0.29) is 24.8 Å². The molecule has 1 aliphatic rings. The summed E-state index contributed by atoms with van der Waals surface area (Å²) in [7, 11) is 2.24. The van der Waals surface area contributed by atoms with Crippen LogP contribution in [0.5, 0.6) is 0 Å². The zero-order valence-electron chi connectivity index (χ0n) is 15.4. The summed E-state index contributed by atoms with van der Waals surface area (Å²) in [5, 5.41) is 3.24. The second-order valence-corrected chi connectivity index (χ2v) is 7.74. The first-order valence-electron chi connectivity index (χ1n) is 8.88. The van der Waals surface area contributed by atoms with Gasteiger partial charge in [0.1, 0.15) is 5.84 Å². The fourth-order valence-corrected chi connectivity index (χ4v) is 4.33. The summed E-state index contributed by atoms with van der Waals surface area (Å²) in [5.41, 5.74) is 8.28. The molecule has 0 bridgehead atoms. The molecular formula is C20H26Cl2N4S. The van der Waals surface area contributed by atoms with Crippen LogP contribution in [0, 0.1) is 0 Å². The molecule has 2 aromatic heterocycles. The molecule has 2 N–H and O–H groups in total. The molecule has 1 fully saturated rings. The van der Waals surface area contributed by atoms with Crippen molar-refractivity contribution in [3.05, 3.63) is 52.9 Å². The van der Waals surface area contributed by atoms with Crippen LogP contribution in [0.4, 0.5) is 5.69 Å². The van der Waals surface area contributed by atoms with E-state index >= 15 is 0 Å². The van der Waals surface area contributed by atoms with E-state index in [1.807, 2.05) is 17.5 Å². The maximum Gasteiger partial charge on any atom is 0.141 e. The summed E-state index contributed by atoms with van der Waals surface area (Å²) >= 11 is 1.61. The molecule has 3 aromatic rings. The molecule has 1 aliphatic heterocycles. The van der Waals surface area contributed by atoms with Crippen molar-refractivity contribution in [2.45, 2.75) is 31.8 Å². The first kappa shape index (κ1) is 21.8. The van der Waals surface area contributed by atoms with Crippen molar-refractivity contribution in [1.82, 2.24) is 9.47 Å². The third kappa shape index (κ3) is 4.85. The van der Waals surface area contributed by atoms with Gasteiger partial charge in [-0.05, 0) is 68.6 Å². The van der Waals surface area contributed by atoms with Gasteiger partial charge in [-0.25, -0.2) is 4.99 Å². The van der Waals surface area contributed by atoms with Crippen LogP contribution in [-0.2, 0) is 6.54 Å². The van der Waals surface area contributed by atoms with E-state index in [1.54, 1.807) is 11.3 Å². The number of rotatable bonds is 5. The van der Waals surface area contributed by atoms with Crippen molar-refractivity contribution in [3.63, 3.8) is 0 Å². The predicted molar refractivity (Wildman–Crippen MR) is 121 cm³/mol. The molecule has 3 heterocycles. The van der Waals surface area contributed by atoms with Gasteiger partial charge in [0.15, 0.2) is 0 Å². The Morgan fingerprint density at radius 1 is 1.26 bits per heavy atom. The van der Waals surface area contributed by atoms with Crippen LogP contribution in [0.2, 0.25) is 0 Å². The fraction of sp³-hybridized carbons (Fsp3) is 0.350. The number of likely N-dealkylation sites (tertiary alicyclic amines) is 1. The first-order chi connectivity index (χ1) is 12.2. The largest absolute Gasteiger partial charge is 0.383 e. The van der Waals surface area contributed by atoms with Crippen LogP contribution >= 0.6 is 36.2 Å². The SMILES string of the molecule is CN1CCCC1CCn1ccc2cc(N=C(N)c3cccs3)ccc21.Cl.Cl. The quantitative estimate of drug-likeness (QED) is 0.458. The van der Waals surface area contributed by atoms with E-state index in [9.17, 15) is 0 Å². The zero-order valence-corrected chi connectivity index (χ0v) is 17.8. The van der Waals surface area contributed by atoms with Crippen LogP contribution in [0.25, 0.3) is 10.9 Å². The number of fused-ring (bicyclic) bond motifs is 1. The standard InChI is InChI=1S/C20H24N4S.2ClH/c1-23-10-2-4-17(23)9-12-24-11-8-15-14-16(6-7-18(15)24)22-20(21)19-5-3-13-25-19;;/h3,5-8,11,13-14,17H,2,4,9-10,12H2,1H3,(H2,21,22);2*1H. The Labute approximate surface area is 176 Å². The average Bonchev–Trinajstić information content (AvgIpc) is 3.34. The molecule has 4 rings (SSSR count). The van der Waals surface area contributed by atoms with Gasteiger partial charge in [-0.3, -0.25) is 0 Å². The van der Waals surface area contributed by atoms with Gasteiger partial charge in [0.05, 0.1) is 10.6 Å². The van der Waals surface area contributed by atoms with Gasteiger partial charge in [0, 0.05) is 29.7 Å². The Bertz CT molecular complexity index is 889. The molecule has 1 saturated heterocycles. The number of aliphatic imine (C=N–C) groups is 1. The van der Waals surface area contributed by atoms with Crippen molar-refractivity contribution in [1.29, 1.82) is 0 Å². The highest BCUT2D eigenvalue weighted by Crippen LogP contribution is 2.25. The Kier molecular flexibility index (Phi) is 7.74. The fourth-order valence-electron chi connectivity index (χ4n) is 3.70. The van der Waals surface area contributed by atoms with Gasteiger partial charge in [-0.1, -0.05) is 6.07 Å². The number of aryl methyl sites for hydroxylation is 1. The Morgan fingerprint density at radius 2 is 2.11 bits per heavy atom. The first-order valence-corrected chi connectivity index (χ1v) is 9.76. The van der Waals surface area contributed by atoms with Crippen LogP contribution < -0.4 is 5.73 Å². The van der Waals surface area contributed by atoms with Crippen molar-refractivity contribution >= 4 is 58.6 Å². The Balaban J connectivity index is 0.00000131. The van der Waals surface area contributed by atoms with Crippen molar-refractivity contribution < 1.29 is 0 Å². The summed E-state index contributed by atoms with van der Waals surface area (Å²) in [6.45, 7) is 2.31. The highest BCUT2D eigenvalue weighted by Gasteiger charge is 2.20. The lowest BCUT2D eigenvalue weighted by Gasteiger charge is -2.19. The Morgan fingerprint density at radius 3 is 2.81 bits per heavy atom. The van der Waals surface area contributed by atoms with Crippen LogP contribution in [0.1, 0.15) is 24.1 Å². The smallest absolute Gasteiger partial charge is 0.141 e. The lowest BCUT2D eigenvalue weighted by atomic mass is 10.1. The lowest BCUT2D eigenvalue weighted by molar-refractivity contribution is 0.287. The van der Waals surface area contributed by atoms with Crippen LogP contribution in [0.15, 0.2) is 53.0 Å². The second kappa shape index (κ2) is 9.60. The number of nitrogens with two attached hydrogens (primary N) is 1. The molecule has 0 saturated carbocycles. The zero-order chi connectivity index (χ0) is 17.2. The van der Waals surface area contributed by atoms with Crippen molar-refractivity contribution in [3.8, 4) is 0 Å². The van der Waals surface area contributed by atoms with Crippen molar-refractivity contribution in [2.24, 2.45) is 10.7 Å². The minimum Gasteiger partial charge on any atom is -0.383 e. The Hall–Kier alpha value is -1.53. The minimum absolute atomic E-state index is 0. The second-order valence-electron chi connectivity index (χ2n) is 6.79. The highest BCUT2D eigenvalue weighted by molar-refractivity contribution is 7.12. The van der Waals surface area contributed by atoms with Crippen molar-refractivity contribution in [2.75, 3.05) is 13.6 Å². The third-order valence-electron chi connectivity index (χ3n) is 5.15. The van der Waals surface area contributed by atoms with Gasteiger partial charge in [0.25, 0.3) is 0 Å². The van der Waals surface area contributed by atoms with E-state index in [0.717, 1.165) is 23.2 Å². The number of aromatic nitrogens is 1. The molecular weight excluding hydrogens is 399 g/mol. The van der Waals surface area contributed by atoms with Gasteiger partial charge in [0.2, 0.25) is 0 Å². The summed E-state index contributed by atoms with van der Waals surface area (Å²) in [4.78, 5) is 8.07. The molecule has 1 unspecified atom stereocenters. The molecule has 7 heteroatoms. The van der Waals surface area contributed by atoms with E-state index in [4.69, 9.17) is 5.73 Å². The molecule has 146 valence electrons. The monoisotopic (exact) mass is 424 g/mol. The number of amidine groups is 1. The lowest BCUT2D eigenvalue weighted by Crippen LogP contribution is -2.25. The normalized spacial score (nSPS) is 17.7. The third-order valence-corrected chi connectivity index (χ3v) is 6.04. The predicted octanol–water partition coefficient (Wildman–Crippen LogP) is 5.07. The average molecular weight is 425 g/mol. The van der Waals surface area contributed by atoms with Crippen LogP contribution in [0.3, 0.4) is 0 Å². The molecule has 0 aliphatic carbocycles. The maximum atomic E-state index is 6.10. The number of thiophene rings is 1. The molecule has 4 nitrogen and oxygen atoms in total. The highest BCUT2D eigenvalue weighted by atomic mass is 35.5. The molecule has 1 aromatic carbocycles. The summed E-state index contributed by atoms with van der Waals surface area (Å²) in [5.74, 6) is 0.582. The number of halogens is 2. The van der Waals surface area contributed by atoms with Gasteiger partial charge < -0.3 is 15.2 Å². The van der Waals surface area contributed by atoms with Gasteiger partial charge in [-0.2, -0.15) is 0 Å². The summed E-state index contributed by atoms with van der Waals surface area (Å²) < 4.78 is 2.36. The van der Waals surface area contributed by atoms with Gasteiger partial charge >= 0.3 is 0 Å². The minimum atomic E-state index is 0. The van der Waals surface area contributed by atoms with E-state index < -0.39 is 0 Å². The molecule has 0 spiro atoms. The van der Waals surface area contributed by atoms with Gasteiger partial charge in [-0.15, -0.1) is 36.2 Å². The topological polar surface area (TPSA) is 46.5 Å². The molecule has 0 amide bonds. The molecule has 27 heavy (non-hydrogen) atoms.